The number of nitrogens with one attached hydrogen (secondary N) is 1. The SMILES string of the molecule is COc1cc(-c2ccccc2)nc(SCc2ccc(/C=C/C(=O)NO)cc2)n1. The van der Waals surface area contributed by atoms with Crippen LogP contribution >= 0.6 is 11.8 Å². The lowest BCUT2D eigenvalue weighted by atomic mass is 10.1. The number of hydrogen-bond donors (Lipinski definition) is 2. The monoisotopic (exact) mass is 393 g/mol. The van der Waals surface area contributed by atoms with E-state index in [0.717, 1.165) is 22.4 Å². The first kappa shape index (κ1) is 19.6. The molecule has 0 radical (unpaired) electrons. The third-order valence-electron chi connectivity index (χ3n) is 3.85. The molecule has 0 atom stereocenters. The summed E-state index contributed by atoms with van der Waals surface area (Å²) < 4.78 is 5.32. The lowest BCUT2D eigenvalue weighted by Gasteiger charge is -2.07. The summed E-state index contributed by atoms with van der Waals surface area (Å²) in [5, 5.41) is 9.13. The molecule has 1 amide bonds. The first-order chi connectivity index (χ1) is 13.7. The van der Waals surface area contributed by atoms with Gasteiger partial charge >= 0.3 is 0 Å². The largest absolute Gasteiger partial charge is 0.481 e. The number of hydrogen-bond acceptors (Lipinski definition) is 6. The number of rotatable bonds is 7. The summed E-state index contributed by atoms with van der Waals surface area (Å²) in [6.07, 6.45) is 2.89. The predicted octanol–water partition coefficient (Wildman–Crippen LogP) is 3.96. The fourth-order valence-corrected chi connectivity index (χ4v) is 3.22. The zero-order valence-corrected chi connectivity index (χ0v) is 16.0. The molecule has 1 aromatic heterocycles. The number of ether oxygens (including phenoxy) is 1. The van der Waals surface area contributed by atoms with E-state index in [0.29, 0.717) is 16.8 Å². The summed E-state index contributed by atoms with van der Waals surface area (Å²) in [5.74, 6) is 0.658. The smallest absolute Gasteiger partial charge is 0.267 e. The molecule has 0 aliphatic rings. The van der Waals surface area contributed by atoms with Gasteiger partial charge in [0, 0.05) is 23.5 Å². The Morgan fingerprint density at radius 1 is 1.14 bits per heavy atom. The molecule has 3 aromatic rings. The van der Waals surface area contributed by atoms with Crippen molar-refractivity contribution >= 4 is 23.7 Å². The Bertz CT molecular complexity index is 960. The van der Waals surface area contributed by atoms with Crippen molar-refractivity contribution in [1.29, 1.82) is 0 Å². The number of carbonyl (C=O) groups excluding carboxylic acids is 1. The molecule has 0 bridgehead atoms. The molecule has 0 saturated heterocycles. The molecule has 0 aliphatic carbocycles. The Labute approximate surface area is 167 Å². The Morgan fingerprint density at radius 3 is 2.57 bits per heavy atom. The first-order valence-corrected chi connectivity index (χ1v) is 9.49. The zero-order chi connectivity index (χ0) is 19.8. The lowest BCUT2D eigenvalue weighted by molar-refractivity contribution is -0.124. The number of thioether (sulfide) groups is 1. The molecule has 0 fully saturated rings. The van der Waals surface area contributed by atoms with Crippen LogP contribution in [0.25, 0.3) is 17.3 Å². The van der Waals surface area contributed by atoms with Gasteiger partial charge in [-0.2, -0.15) is 4.98 Å². The standard InChI is InChI=1S/C21H19N3O3S/c1-27-20-13-18(17-5-3-2-4-6-17)22-21(23-20)28-14-16-9-7-15(8-10-16)11-12-19(25)24-26/h2-13,26H,14H2,1H3,(H,24,25)/b12-11+. The maximum absolute atomic E-state index is 11.0. The van der Waals surface area contributed by atoms with Crippen LogP contribution in [0.3, 0.4) is 0 Å². The molecule has 142 valence electrons. The fraction of sp³-hybridized carbons (Fsp3) is 0.0952. The van der Waals surface area contributed by atoms with E-state index in [9.17, 15) is 4.79 Å². The van der Waals surface area contributed by atoms with Crippen molar-refractivity contribution in [1.82, 2.24) is 15.4 Å². The molecular weight excluding hydrogens is 374 g/mol. The van der Waals surface area contributed by atoms with E-state index in [4.69, 9.17) is 9.94 Å². The van der Waals surface area contributed by atoms with Gasteiger partial charge in [-0.1, -0.05) is 66.4 Å². The van der Waals surface area contributed by atoms with Crippen molar-refractivity contribution in [3.05, 3.63) is 77.9 Å². The van der Waals surface area contributed by atoms with Gasteiger partial charge in [0.15, 0.2) is 5.16 Å². The van der Waals surface area contributed by atoms with E-state index in [1.54, 1.807) is 18.7 Å². The molecule has 7 heteroatoms. The van der Waals surface area contributed by atoms with E-state index in [-0.39, 0.29) is 0 Å². The predicted molar refractivity (Wildman–Crippen MR) is 109 cm³/mol. The van der Waals surface area contributed by atoms with Gasteiger partial charge in [-0.05, 0) is 17.2 Å². The number of amides is 1. The highest BCUT2D eigenvalue weighted by molar-refractivity contribution is 7.98. The van der Waals surface area contributed by atoms with Crippen molar-refractivity contribution in [2.45, 2.75) is 10.9 Å². The number of benzene rings is 2. The van der Waals surface area contributed by atoms with Crippen LogP contribution in [0.4, 0.5) is 0 Å². The summed E-state index contributed by atoms with van der Waals surface area (Å²) in [5.41, 5.74) is 5.34. The van der Waals surface area contributed by atoms with Crippen molar-refractivity contribution in [3.8, 4) is 17.1 Å². The molecule has 0 spiro atoms. The Hall–Kier alpha value is -3.16. The molecule has 2 aromatic carbocycles. The van der Waals surface area contributed by atoms with Crippen LogP contribution in [-0.2, 0) is 10.5 Å². The number of carbonyl (C=O) groups is 1. The van der Waals surface area contributed by atoms with Gasteiger partial charge in [-0.3, -0.25) is 10.0 Å². The van der Waals surface area contributed by atoms with Crippen LogP contribution in [0.2, 0.25) is 0 Å². The van der Waals surface area contributed by atoms with Crippen LogP contribution in [-0.4, -0.2) is 28.2 Å². The Morgan fingerprint density at radius 2 is 1.89 bits per heavy atom. The first-order valence-electron chi connectivity index (χ1n) is 8.50. The van der Waals surface area contributed by atoms with Crippen LogP contribution in [0.1, 0.15) is 11.1 Å². The second-order valence-electron chi connectivity index (χ2n) is 5.78. The minimum atomic E-state index is -0.566. The van der Waals surface area contributed by atoms with Crippen LogP contribution in [0.5, 0.6) is 5.88 Å². The van der Waals surface area contributed by atoms with E-state index >= 15 is 0 Å². The molecule has 0 saturated carbocycles. The average Bonchev–Trinajstić information content (AvgIpc) is 2.77. The lowest BCUT2D eigenvalue weighted by Crippen LogP contribution is -2.14. The summed E-state index contributed by atoms with van der Waals surface area (Å²) in [4.78, 5) is 20.1. The van der Waals surface area contributed by atoms with Crippen molar-refractivity contribution in [2.75, 3.05) is 7.11 Å². The van der Waals surface area contributed by atoms with Crippen molar-refractivity contribution < 1.29 is 14.7 Å². The maximum Gasteiger partial charge on any atom is 0.267 e. The summed E-state index contributed by atoms with van der Waals surface area (Å²) in [7, 11) is 1.59. The molecule has 3 rings (SSSR count). The van der Waals surface area contributed by atoms with Crippen LogP contribution in [0.15, 0.2) is 71.9 Å². The zero-order valence-electron chi connectivity index (χ0n) is 15.2. The molecule has 1 heterocycles. The third-order valence-corrected chi connectivity index (χ3v) is 4.76. The minimum absolute atomic E-state index is 0.527. The maximum atomic E-state index is 11.0. The molecular formula is C21H19N3O3S. The average molecular weight is 393 g/mol. The highest BCUT2D eigenvalue weighted by Gasteiger charge is 2.08. The van der Waals surface area contributed by atoms with Gasteiger partial charge in [0.1, 0.15) is 0 Å². The molecule has 28 heavy (non-hydrogen) atoms. The van der Waals surface area contributed by atoms with Crippen LogP contribution in [0, 0.1) is 0 Å². The summed E-state index contributed by atoms with van der Waals surface area (Å²) in [6, 6.07) is 19.5. The molecule has 0 aliphatic heterocycles. The van der Waals surface area contributed by atoms with E-state index < -0.39 is 5.91 Å². The number of methoxy groups -OCH3 is 1. The Kier molecular flexibility index (Phi) is 6.78. The van der Waals surface area contributed by atoms with E-state index in [1.807, 2.05) is 60.7 Å². The molecule has 2 N–H and O–H groups in total. The van der Waals surface area contributed by atoms with Gasteiger partial charge < -0.3 is 4.74 Å². The third kappa shape index (κ3) is 5.42. The quantitative estimate of drug-likeness (QED) is 0.208. The van der Waals surface area contributed by atoms with Crippen molar-refractivity contribution in [3.63, 3.8) is 0 Å². The highest BCUT2D eigenvalue weighted by atomic mass is 32.2. The number of aromatic nitrogens is 2. The summed E-state index contributed by atoms with van der Waals surface area (Å²) >= 11 is 1.52. The summed E-state index contributed by atoms with van der Waals surface area (Å²) in [6.45, 7) is 0. The van der Waals surface area contributed by atoms with Crippen molar-refractivity contribution in [2.24, 2.45) is 0 Å². The van der Waals surface area contributed by atoms with E-state index in [1.165, 1.54) is 17.8 Å². The number of hydroxylamine groups is 1. The van der Waals surface area contributed by atoms with Gasteiger partial charge in [0.05, 0.1) is 12.8 Å². The van der Waals surface area contributed by atoms with Crippen LogP contribution < -0.4 is 10.2 Å². The second kappa shape index (κ2) is 9.68. The topological polar surface area (TPSA) is 84.3 Å². The minimum Gasteiger partial charge on any atom is -0.481 e. The van der Waals surface area contributed by atoms with Gasteiger partial charge in [-0.25, -0.2) is 10.5 Å². The highest BCUT2D eigenvalue weighted by Crippen LogP contribution is 2.26. The van der Waals surface area contributed by atoms with Gasteiger partial charge in [-0.15, -0.1) is 0 Å². The second-order valence-corrected chi connectivity index (χ2v) is 6.73. The molecule has 0 unspecified atom stereocenters. The fourth-order valence-electron chi connectivity index (χ4n) is 2.41. The van der Waals surface area contributed by atoms with E-state index in [2.05, 4.69) is 9.97 Å². The Balaban J connectivity index is 1.70. The van der Waals surface area contributed by atoms with Gasteiger partial charge in [0.25, 0.3) is 5.91 Å². The number of nitrogens with zero attached hydrogens (tertiary/aromatic N) is 2. The molecule has 6 nitrogen and oxygen atoms in total. The van der Waals surface area contributed by atoms with Gasteiger partial charge in [0.2, 0.25) is 5.88 Å². The normalized spacial score (nSPS) is 10.8.